The van der Waals surface area contributed by atoms with Crippen LogP contribution in [-0.4, -0.2) is 22.5 Å². The number of hydrogen-bond donors (Lipinski definition) is 0. The van der Waals surface area contributed by atoms with E-state index in [-0.39, 0.29) is 11.1 Å². The number of hydrogen-bond acceptors (Lipinski definition) is 4. The Hall–Kier alpha value is -3.44. The summed E-state index contributed by atoms with van der Waals surface area (Å²) in [5, 5.41) is 3.48. The second-order valence-corrected chi connectivity index (χ2v) is 8.86. The number of pyridine rings is 2. The van der Waals surface area contributed by atoms with Gasteiger partial charge in [-0.1, -0.05) is 43.6 Å². The number of rotatable bonds is 1. The molecule has 152 valence electrons. The van der Waals surface area contributed by atoms with Crippen molar-refractivity contribution < 1.29 is 9.53 Å². The summed E-state index contributed by atoms with van der Waals surface area (Å²) in [7, 11) is 1.37. The third kappa shape index (κ3) is 2.35. The Balaban J connectivity index is 1.89. The van der Waals surface area contributed by atoms with Gasteiger partial charge < -0.3 is 9.14 Å². The second-order valence-electron chi connectivity index (χ2n) is 8.42. The quantitative estimate of drug-likeness (QED) is 0.337. The monoisotopic (exact) mass is 427 g/mol. The lowest BCUT2D eigenvalue weighted by molar-refractivity contribution is 0.0594. The van der Waals surface area contributed by atoms with E-state index in [2.05, 4.69) is 36.6 Å². The van der Waals surface area contributed by atoms with Crippen molar-refractivity contribution in [1.29, 1.82) is 0 Å². The Labute approximate surface area is 182 Å². The van der Waals surface area contributed by atoms with Crippen LogP contribution < -0.4 is 5.36 Å². The van der Waals surface area contributed by atoms with Gasteiger partial charge in [0.1, 0.15) is 11.2 Å². The molecular formula is C25H18ClN3O2. The first kappa shape index (κ1) is 18.3. The molecule has 0 unspecified atom stereocenters. The molecule has 1 aliphatic rings. The van der Waals surface area contributed by atoms with Crippen molar-refractivity contribution in [2.24, 2.45) is 4.99 Å². The maximum Gasteiger partial charge on any atom is 0.356 e. The van der Waals surface area contributed by atoms with Crippen LogP contribution in [-0.2, 0) is 10.2 Å². The molecule has 0 radical (unpaired) electrons. The van der Waals surface area contributed by atoms with Gasteiger partial charge in [-0.3, -0.25) is 0 Å². The van der Waals surface area contributed by atoms with Crippen LogP contribution in [0.3, 0.4) is 0 Å². The van der Waals surface area contributed by atoms with E-state index in [0.717, 1.165) is 44.0 Å². The number of esters is 1. The van der Waals surface area contributed by atoms with E-state index in [4.69, 9.17) is 26.3 Å². The third-order valence-corrected chi connectivity index (χ3v) is 6.59. The van der Waals surface area contributed by atoms with Crippen molar-refractivity contribution in [2.75, 3.05) is 7.11 Å². The number of halogens is 1. The molecule has 0 spiro atoms. The minimum atomic E-state index is -0.464. The van der Waals surface area contributed by atoms with Crippen molar-refractivity contribution in [1.82, 2.24) is 9.38 Å². The molecule has 2 aromatic carbocycles. The van der Waals surface area contributed by atoms with E-state index in [1.165, 1.54) is 7.11 Å². The standard InChI is InChI=1S/C25H18ClN3O2/c1-25(2)16-10-13(26)8-9-18(16)27-21-17(25)12-29-20-7-5-4-6-14(20)15-11-19(24(30)31-3)28-22(21)23(15)29/h4-12H,1-3H3. The fraction of sp³-hybridized carbons (Fsp3) is 0.160. The molecule has 0 N–H and O–H groups in total. The van der Waals surface area contributed by atoms with E-state index in [1.54, 1.807) is 0 Å². The molecule has 4 heterocycles. The molecule has 0 atom stereocenters. The molecule has 0 fully saturated rings. The Morgan fingerprint density at radius 3 is 2.68 bits per heavy atom. The van der Waals surface area contributed by atoms with Gasteiger partial charge in [0.15, 0.2) is 0 Å². The number of carbonyl (C=O) groups excluding carboxylic acids is 1. The zero-order chi connectivity index (χ0) is 21.5. The number of fused-ring (bicyclic) bond motifs is 6. The third-order valence-electron chi connectivity index (χ3n) is 6.36. The predicted octanol–water partition coefficient (Wildman–Crippen LogP) is 5.39. The van der Waals surface area contributed by atoms with Gasteiger partial charge in [0.05, 0.1) is 29.2 Å². The van der Waals surface area contributed by atoms with Gasteiger partial charge in [-0.25, -0.2) is 14.8 Å². The van der Waals surface area contributed by atoms with Crippen LogP contribution in [0.2, 0.25) is 5.02 Å². The lowest BCUT2D eigenvalue weighted by atomic mass is 9.76. The molecule has 6 heteroatoms. The number of ether oxygens (including phenoxy) is 1. The average Bonchev–Trinajstić information content (AvgIpc) is 3.09. The summed E-state index contributed by atoms with van der Waals surface area (Å²) in [4.78, 5) is 22.2. The van der Waals surface area contributed by atoms with Gasteiger partial charge in [0.2, 0.25) is 0 Å². The molecule has 0 saturated carbocycles. The molecule has 0 bridgehead atoms. The highest BCUT2D eigenvalue weighted by Gasteiger charge is 2.33. The number of benzene rings is 2. The summed E-state index contributed by atoms with van der Waals surface area (Å²) in [5.41, 5.74) is 5.59. The van der Waals surface area contributed by atoms with E-state index in [9.17, 15) is 4.79 Å². The van der Waals surface area contributed by atoms with Crippen molar-refractivity contribution in [3.8, 4) is 0 Å². The van der Waals surface area contributed by atoms with Gasteiger partial charge in [0.25, 0.3) is 0 Å². The number of aromatic nitrogens is 2. The Bertz CT molecular complexity index is 1630. The fourth-order valence-corrected chi connectivity index (χ4v) is 4.96. The van der Waals surface area contributed by atoms with Crippen LogP contribution in [0.1, 0.15) is 35.5 Å². The molecule has 0 saturated heterocycles. The van der Waals surface area contributed by atoms with Crippen LogP contribution in [0.5, 0.6) is 0 Å². The maximum atomic E-state index is 12.4. The molecule has 5 aromatic rings. The zero-order valence-corrected chi connectivity index (χ0v) is 18.0. The van der Waals surface area contributed by atoms with Gasteiger partial charge in [-0.05, 0) is 35.9 Å². The van der Waals surface area contributed by atoms with E-state index >= 15 is 0 Å². The number of para-hydroxylation sites is 1. The predicted molar refractivity (Wildman–Crippen MR) is 122 cm³/mol. The Kier molecular flexibility index (Phi) is 3.58. The van der Waals surface area contributed by atoms with E-state index in [1.807, 2.05) is 36.4 Å². The zero-order valence-electron chi connectivity index (χ0n) is 17.2. The van der Waals surface area contributed by atoms with Crippen LogP contribution in [0.25, 0.3) is 27.3 Å². The first-order chi connectivity index (χ1) is 14.9. The van der Waals surface area contributed by atoms with E-state index < -0.39 is 5.97 Å². The molecule has 1 aliphatic heterocycles. The lowest BCUT2D eigenvalue weighted by Gasteiger charge is -2.31. The average molecular weight is 428 g/mol. The molecule has 0 amide bonds. The number of methoxy groups -OCH3 is 1. The number of nitrogens with zero attached hydrogens (tertiary/aromatic N) is 3. The highest BCUT2D eigenvalue weighted by Crippen LogP contribution is 2.42. The van der Waals surface area contributed by atoms with Crippen LogP contribution in [0.4, 0.5) is 5.69 Å². The first-order valence-corrected chi connectivity index (χ1v) is 10.4. The Morgan fingerprint density at radius 1 is 1.06 bits per heavy atom. The SMILES string of the molecule is COC(=O)c1cc2c3ccccc3n3cc4c(c(n1)c23)=Nc1ccc(Cl)cc1C4(C)C. The van der Waals surface area contributed by atoms with Gasteiger partial charge in [-0.2, -0.15) is 0 Å². The largest absolute Gasteiger partial charge is 0.464 e. The summed E-state index contributed by atoms with van der Waals surface area (Å²) in [6, 6.07) is 15.7. The summed E-state index contributed by atoms with van der Waals surface area (Å²) in [6.07, 6.45) is 2.15. The fourth-order valence-electron chi connectivity index (χ4n) is 4.79. The molecular weight excluding hydrogens is 410 g/mol. The lowest BCUT2D eigenvalue weighted by Crippen LogP contribution is -2.32. The number of carbonyl (C=O) groups is 1. The summed E-state index contributed by atoms with van der Waals surface area (Å²) >= 11 is 6.32. The Morgan fingerprint density at radius 2 is 1.87 bits per heavy atom. The van der Waals surface area contributed by atoms with E-state index in [0.29, 0.717) is 10.5 Å². The van der Waals surface area contributed by atoms with Crippen molar-refractivity contribution in [3.63, 3.8) is 0 Å². The molecule has 31 heavy (non-hydrogen) atoms. The molecule has 0 aliphatic carbocycles. The van der Waals surface area contributed by atoms with Gasteiger partial charge in [0, 0.05) is 33.0 Å². The van der Waals surface area contributed by atoms with Crippen LogP contribution in [0, 0.1) is 0 Å². The molecule has 3 aromatic heterocycles. The topological polar surface area (TPSA) is 56.0 Å². The highest BCUT2D eigenvalue weighted by molar-refractivity contribution is 6.30. The smallest absolute Gasteiger partial charge is 0.356 e. The minimum absolute atomic E-state index is 0.275. The van der Waals surface area contributed by atoms with Crippen molar-refractivity contribution in [3.05, 3.63) is 81.9 Å². The second kappa shape index (κ2) is 6.05. The van der Waals surface area contributed by atoms with Crippen molar-refractivity contribution in [2.45, 2.75) is 19.3 Å². The molecule has 5 nitrogen and oxygen atoms in total. The van der Waals surface area contributed by atoms with Gasteiger partial charge in [-0.15, -0.1) is 0 Å². The van der Waals surface area contributed by atoms with Crippen LogP contribution in [0.15, 0.2) is 59.7 Å². The maximum absolute atomic E-state index is 12.4. The highest BCUT2D eigenvalue weighted by atomic mass is 35.5. The van der Waals surface area contributed by atoms with Crippen molar-refractivity contribution >= 4 is 50.6 Å². The summed E-state index contributed by atoms with van der Waals surface area (Å²) in [6.45, 7) is 4.33. The molecule has 6 rings (SSSR count). The minimum Gasteiger partial charge on any atom is -0.464 e. The summed E-state index contributed by atoms with van der Waals surface area (Å²) in [5.74, 6) is -0.464. The first-order valence-electron chi connectivity index (χ1n) is 10.0. The van der Waals surface area contributed by atoms with Gasteiger partial charge >= 0.3 is 5.97 Å². The summed E-state index contributed by atoms with van der Waals surface area (Å²) < 4.78 is 7.16. The van der Waals surface area contributed by atoms with Crippen LogP contribution >= 0.6 is 11.6 Å². The normalized spacial score (nSPS) is 14.5.